The van der Waals surface area contributed by atoms with Crippen molar-refractivity contribution in [3.05, 3.63) is 82.6 Å². The number of urea groups is 1. The number of hydrogen-bond acceptors (Lipinski definition) is 3. The standard InChI is InChI=1S/C21H17Cl2N3O2/c22-17-5-2-6-18(19(17)23)25-20(27)26-21(9-10-21)14-3-1-4-16(13-14)28-15-7-11-24-12-8-15/h1-8,11-13H,9-10H2,(H2,25,26,27). The van der Waals surface area contributed by atoms with Gasteiger partial charge in [-0.05, 0) is 54.8 Å². The fourth-order valence-corrected chi connectivity index (χ4v) is 3.33. The van der Waals surface area contributed by atoms with Crippen molar-refractivity contribution in [1.29, 1.82) is 0 Å². The number of amides is 2. The Hall–Kier alpha value is -2.76. The minimum absolute atomic E-state index is 0.317. The predicted molar refractivity (Wildman–Crippen MR) is 110 cm³/mol. The monoisotopic (exact) mass is 413 g/mol. The number of halogens is 2. The Labute approximate surface area is 172 Å². The van der Waals surface area contributed by atoms with Crippen molar-refractivity contribution in [2.24, 2.45) is 0 Å². The minimum atomic E-state index is -0.410. The Morgan fingerprint density at radius 2 is 1.75 bits per heavy atom. The molecule has 1 saturated carbocycles. The van der Waals surface area contributed by atoms with Gasteiger partial charge < -0.3 is 15.4 Å². The molecular weight excluding hydrogens is 397 g/mol. The second kappa shape index (κ2) is 7.70. The summed E-state index contributed by atoms with van der Waals surface area (Å²) >= 11 is 12.1. The average Bonchev–Trinajstić information content (AvgIpc) is 3.47. The zero-order valence-electron chi connectivity index (χ0n) is 14.8. The molecular formula is C21H17Cl2N3O2. The van der Waals surface area contributed by atoms with Gasteiger partial charge in [0.05, 0.1) is 21.3 Å². The Balaban J connectivity index is 1.47. The lowest BCUT2D eigenvalue weighted by molar-refractivity contribution is 0.247. The lowest BCUT2D eigenvalue weighted by atomic mass is 10.0. The third-order valence-corrected chi connectivity index (χ3v) is 5.39. The molecule has 7 heteroatoms. The molecule has 0 bridgehead atoms. The average molecular weight is 414 g/mol. The predicted octanol–water partition coefficient (Wildman–Crippen LogP) is 5.99. The van der Waals surface area contributed by atoms with Crippen molar-refractivity contribution in [3.63, 3.8) is 0 Å². The molecule has 4 rings (SSSR count). The maximum Gasteiger partial charge on any atom is 0.319 e. The molecule has 2 aromatic carbocycles. The molecule has 2 amide bonds. The highest BCUT2D eigenvalue weighted by molar-refractivity contribution is 6.43. The zero-order chi connectivity index (χ0) is 19.6. The molecule has 0 atom stereocenters. The number of carbonyl (C=O) groups excluding carboxylic acids is 1. The van der Waals surface area contributed by atoms with Gasteiger partial charge in [0, 0.05) is 12.4 Å². The van der Waals surface area contributed by atoms with Crippen molar-refractivity contribution < 1.29 is 9.53 Å². The lowest BCUT2D eigenvalue weighted by Gasteiger charge is -2.20. The summed E-state index contributed by atoms with van der Waals surface area (Å²) in [6.07, 6.45) is 5.05. The van der Waals surface area contributed by atoms with E-state index < -0.39 is 5.54 Å². The van der Waals surface area contributed by atoms with Gasteiger partial charge in [-0.1, -0.05) is 41.4 Å². The normalized spacial score (nSPS) is 14.2. The molecule has 1 aliphatic carbocycles. The highest BCUT2D eigenvalue weighted by Gasteiger charge is 2.46. The molecule has 142 valence electrons. The van der Waals surface area contributed by atoms with E-state index in [1.165, 1.54) is 0 Å². The molecule has 28 heavy (non-hydrogen) atoms. The largest absolute Gasteiger partial charge is 0.457 e. The SMILES string of the molecule is O=C(Nc1cccc(Cl)c1Cl)NC1(c2cccc(Oc3ccncc3)c2)CC1. The van der Waals surface area contributed by atoms with E-state index >= 15 is 0 Å². The summed E-state index contributed by atoms with van der Waals surface area (Å²) in [5.41, 5.74) is 1.05. The van der Waals surface area contributed by atoms with Gasteiger partial charge in [-0.3, -0.25) is 4.98 Å². The van der Waals surface area contributed by atoms with Crippen LogP contribution in [-0.2, 0) is 5.54 Å². The van der Waals surface area contributed by atoms with Crippen LogP contribution in [0.3, 0.4) is 0 Å². The molecule has 0 spiro atoms. The first-order valence-electron chi connectivity index (χ1n) is 8.77. The van der Waals surface area contributed by atoms with Crippen LogP contribution in [0.5, 0.6) is 11.5 Å². The maximum absolute atomic E-state index is 12.5. The molecule has 1 aromatic heterocycles. The van der Waals surface area contributed by atoms with E-state index in [-0.39, 0.29) is 6.03 Å². The van der Waals surface area contributed by atoms with E-state index in [2.05, 4.69) is 15.6 Å². The van der Waals surface area contributed by atoms with Crippen LogP contribution in [-0.4, -0.2) is 11.0 Å². The third kappa shape index (κ3) is 4.06. The topological polar surface area (TPSA) is 63.2 Å². The highest BCUT2D eigenvalue weighted by atomic mass is 35.5. The first-order chi connectivity index (χ1) is 13.6. The van der Waals surface area contributed by atoms with Crippen LogP contribution in [0.25, 0.3) is 0 Å². The molecule has 1 heterocycles. The number of rotatable bonds is 5. The first kappa shape index (κ1) is 18.6. The molecule has 1 fully saturated rings. The second-order valence-corrected chi connectivity index (χ2v) is 7.36. The number of nitrogens with one attached hydrogen (secondary N) is 2. The third-order valence-electron chi connectivity index (χ3n) is 4.57. The molecule has 1 aliphatic rings. The highest BCUT2D eigenvalue weighted by Crippen LogP contribution is 2.46. The van der Waals surface area contributed by atoms with Crippen LogP contribution in [0.4, 0.5) is 10.5 Å². The Morgan fingerprint density at radius 1 is 1.00 bits per heavy atom. The van der Waals surface area contributed by atoms with E-state index in [1.54, 1.807) is 42.7 Å². The number of aromatic nitrogens is 1. The summed E-state index contributed by atoms with van der Waals surface area (Å²) in [5, 5.41) is 6.53. The van der Waals surface area contributed by atoms with E-state index in [4.69, 9.17) is 27.9 Å². The smallest absolute Gasteiger partial charge is 0.319 e. The Morgan fingerprint density at radius 3 is 2.50 bits per heavy atom. The van der Waals surface area contributed by atoms with Gasteiger partial charge in [-0.15, -0.1) is 0 Å². The van der Waals surface area contributed by atoms with Gasteiger partial charge in [0.2, 0.25) is 0 Å². The van der Waals surface area contributed by atoms with Crippen LogP contribution in [0.15, 0.2) is 67.0 Å². The summed E-state index contributed by atoms with van der Waals surface area (Å²) in [4.78, 5) is 16.5. The Bertz CT molecular complexity index is 1010. The fourth-order valence-electron chi connectivity index (χ4n) is 2.98. The quantitative estimate of drug-likeness (QED) is 0.539. The number of benzene rings is 2. The van der Waals surface area contributed by atoms with Crippen molar-refractivity contribution in [2.75, 3.05) is 5.32 Å². The van der Waals surface area contributed by atoms with Gasteiger partial charge in [0.25, 0.3) is 0 Å². The summed E-state index contributed by atoms with van der Waals surface area (Å²) in [5.74, 6) is 1.41. The molecule has 0 saturated heterocycles. The number of pyridine rings is 1. The number of anilines is 1. The summed E-state index contributed by atoms with van der Waals surface area (Å²) in [6.45, 7) is 0. The van der Waals surface area contributed by atoms with Crippen LogP contribution in [0.1, 0.15) is 18.4 Å². The van der Waals surface area contributed by atoms with Gasteiger partial charge in [0.15, 0.2) is 0 Å². The maximum atomic E-state index is 12.5. The van der Waals surface area contributed by atoms with Crippen LogP contribution in [0, 0.1) is 0 Å². The fraction of sp³-hybridized carbons (Fsp3) is 0.143. The lowest BCUT2D eigenvalue weighted by Crippen LogP contribution is -2.38. The van der Waals surface area contributed by atoms with E-state index in [0.29, 0.717) is 27.2 Å². The molecule has 0 aliphatic heterocycles. The van der Waals surface area contributed by atoms with Crippen LogP contribution in [0.2, 0.25) is 10.0 Å². The number of hydrogen-bond donors (Lipinski definition) is 2. The van der Waals surface area contributed by atoms with Crippen LogP contribution < -0.4 is 15.4 Å². The van der Waals surface area contributed by atoms with Crippen molar-refractivity contribution in [1.82, 2.24) is 10.3 Å². The second-order valence-electron chi connectivity index (χ2n) is 6.58. The number of nitrogens with zero attached hydrogens (tertiary/aromatic N) is 1. The molecule has 0 unspecified atom stereocenters. The molecule has 2 N–H and O–H groups in total. The molecule has 5 nitrogen and oxygen atoms in total. The van der Waals surface area contributed by atoms with Gasteiger partial charge in [0.1, 0.15) is 11.5 Å². The van der Waals surface area contributed by atoms with Crippen molar-refractivity contribution >= 4 is 34.9 Å². The van der Waals surface area contributed by atoms with E-state index in [9.17, 15) is 4.79 Å². The zero-order valence-corrected chi connectivity index (χ0v) is 16.3. The van der Waals surface area contributed by atoms with Gasteiger partial charge >= 0.3 is 6.03 Å². The summed E-state index contributed by atoms with van der Waals surface area (Å²) in [6, 6.07) is 16.1. The summed E-state index contributed by atoms with van der Waals surface area (Å²) < 4.78 is 5.87. The van der Waals surface area contributed by atoms with Gasteiger partial charge in [-0.25, -0.2) is 4.79 Å². The van der Waals surface area contributed by atoms with Crippen molar-refractivity contribution in [3.8, 4) is 11.5 Å². The number of ether oxygens (including phenoxy) is 1. The minimum Gasteiger partial charge on any atom is -0.457 e. The molecule has 3 aromatic rings. The van der Waals surface area contributed by atoms with Gasteiger partial charge in [-0.2, -0.15) is 0 Å². The Kier molecular flexibility index (Phi) is 5.11. The molecule has 0 radical (unpaired) electrons. The van der Waals surface area contributed by atoms with E-state index in [1.807, 2.05) is 24.3 Å². The first-order valence-corrected chi connectivity index (χ1v) is 9.53. The number of carbonyl (C=O) groups is 1. The summed E-state index contributed by atoms with van der Waals surface area (Å²) in [7, 11) is 0. The van der Waals surface area contributed by atoms with Crippen molar-refractivity contribution in [2.45, 2.75) is 18.4 Å². The van der Waals surface area contributed by atoms with Crippen LogP contribution >= 0.6 is 23.2 Å². The van der Waals surface area contributed by atoms with E-state index in [0.717, 1.165) is 18.4 Å².